The van der Waals surface area contributed by atoms with Gasteiger partial charge in [0, 0.05) is 12.6 Å². The number of aryl methyl sites for hydroxylation is 1. The Morgan fingerprint density at radius 1 is 1.33 bits per heavy atom. The van der Waals surface area contributed by atoms with Gasteiger partial charge in [-0.1, -0.05) is 32.9 Å². The van der Waals surface area contributed by atoms with Gasteiger partial charge in [-0.05, 0) is 41.9 Å². The molecule has 0 bridgehead atoms. The van der Waals surface area contributed by atoms with Crippen molar-refractivity contribution in [1.29, 1.82) is 0 Å². The van der Waals surface area contributed by atoms with Crippen molar-refractivity contribution in [2.24, 2.45) is 5.41 Å². The third kappa shape index (κ3) is 3.26. The Labute approximate surface area is 111 Å². The summed E-state index contributed by atoms with van der Waals surface area (Å²) >= 11 is 0. The second-order valence-corrected chi connectivity index (χ2v) is 6.48. The fraction of sp³-hybridized carbons (Fsp3) is 0.625. The topological polar surface area (TPSA) is 21.3 Å². The van der Waals surface area contributed by atoms with Crippen molar-refractivity contribution in [3.05, 3.63) is 29.3 Å². The first-order valence-corrected chi connectivity index (χ1v) is 6.88. The summed E-state index contributed by atoms with van der Waals surface area (Å²) in [5, 5.41) is 3.70. The van der Waals surface area contributed by atoms with Crippen molar-refractivity contribution in [2.75, 3.05) is 13.7 Å². The predicted octanol–water partition coefficient (Wildman–Crippen LogP) is 3.19. The van der Waals surface area contributed by atoms with Gasteiger partial charge in [-0.25, -0.2) is 0 Å². The summed E-state index contributed by atoms with van der Waals surface area (Å²) in [4.78, 5) is 0. The summed E-state index contributed by atoms with van der Waals surface area (Å²) in [7, 11) is 1.77. The second kappa shape index (κ2) is 5.31. The van der Waals surface area contributed by atoms with Crippen LogP contribution in [0.25, 0.3) is 0 Å². The average Bonchev–Trinajstić information content (AvgIpc) is 2.34. The standard InChI is InChI=1S/C16H25NO/c1-16(2,3)11-17-13-9-8-12-6-5-7-15(18-4)14(12)10-13/h5-7,13,17H,8-11H2,1-4H3. The average molecular weight is 247 g/mol. The fourth-order valence-electron chi connectivity index (χ4n) is 2.57. The van der Waals surface area contributed by atoms with E-state index < -0.39 is 0 Å². The van der Waals surface area contributed by atoms with E-state index in [2.05, 4.69) is 44.3 Å². The summed E-state index contributed by atoms with van der Waals surface area (Å²) in [6, 6.07) is 7.00. The molecule has 0 radical (unpaired) electrons. The van der Waals surface area contributed by atoms with Gasteiger partial charge in [0.2, 0.25) is 0 Å². The molecule has 1 aromatic rings. The molecule has 0 heterocycles. The van der Waals surface area contributed by atoms with Crippen molar-refractivity contribution in [3.63, 3.8) is 0 Å². The number of fused-ring (bicyclic) bond motifs is 1. The number of hydrogen-bond donors (Lipinski definition) is 1. The minimum Gasteiger partial charge on any atom is -0.496 e. The molecule has 100 valence electrons. The normalized spacial score (nSPS) is 19.4. The first-order valence-electron chi connectivity index (χ1n) is 6.88. The van der Waals surface area contributed by atoms with E-state index >= 15 is 0 Å². The van der Waals surface area contributed by atoms with E-state index in [1.54, 1.807) is 7.11 Å². The van der Waals surface area contributed by atoms with Crippen LogP contribution in [0.1, 0.15) is 38.3 Å². The van der Waals surface area contributed by atoms with E-state index in [-0.39, 0.29) is 0 Å². The molecule has 0 fully saturated rings. The molecule has 1 N–H and O–H groups in total. The van der Waals surface area contributed by atoms with Crippen LogP contribution >= 0.6 is 0 Å². The van der Waals surface area contributed by atoms with Crippen LogP contribution in [0.15, 0.2) is 18.2 Å². The fourth-order valence-corrected chi connectivity index (χ4v) is 2.57. The van der Waals surface area contributed by atoms with Gasteiger partial charge in [0.15, 0.2) is 0 Å². The molecule has 1 aliphatic carbocycles. The number of methoxy groups -OCH3 is 1. The Morgan fingerprint density at radius 3 is 2.78 bits per heavy atom. The molecule has 2 nitrogen and oxygen atoms in total. The zero-order valence-corrected chi connectivity index (χ0v) is 12.0. The molecular weight excluding hydrogens is 222 g/mol. The summed E-state index contributed by atoms with van der Waals surface area (Å²) in [5.74, 6) is 1.05. The quantitative estimate of drug-likeness (QED) is 0.885. The summed E-state index contributed by atoms with van der Waals surface area (Å²) < 4.78 is 5.48. The zero-order valence-electron chi connectivity index (χ0n) is 12.0. The van der Waals surface area contributed by atoms with E-state index in [1.807, 2.05) is 0 Å². The molecular formula is C16H25NO. The molecule has 2 heteroatoms. The third-order valence-corrected chi connectivity index (χ3v) is 3.58. The number of rotatable bonds is 3. The largest absolute Gasteiger partial charge is 0.496 e. The van der Waals surface area contributed by atoms with E-state index in [0.717, 1.165) is 25.1 Å². The van der Waals surface area contributed by atoms with E-state index in [4.69, 9.17) is 4.74 Å². The summed E-state index contributed by atoms with van der Waals surface area (Å²) in [5.41, 5.74) is 3.21. The minimum atomic E-state index is 0.348. The highest BCUT2D eigenvalue weighted by molar-refractivity contribution is 5.42. The molecule has 0 saturated carbocycles. The highest BCUT2D eigenvalue weighted by atomic mass is 16.5. The first kappa shape index (κ1) is 13.4. The second-order valence-electron chi connectivity index (χ2n) is 6.48. The highest BCUT2D eigenvalue weighted by Crippen LogP contribution is 2.29. The van der Waals surface area contributed by atoms with Gasteiger partial charge >= 0.3 is 0 Å². The highest BCUT2D eigenvalue weighted by Gasteiger charge is 2.22. The van der Waals surface area contributed by atoms with Crippen molar-refractivity contribution >= 4 is 0 Å². The Morgan fingerprint density at radius 2 is 2.11 bits per heavy atom. The smallest absolute Gasteiger partial charge is 0.122 e. The van der Waals surface area contributed by atoms with Gasteiger partial charge in [0.25, 0.3) is 0 Å². The van der Waals surface area contributed by atoms with E-state index in [9.17, 15) is 0 Å². The van der Waals surface area contributed by atoms with E-state index in [0.29, 0.717) is 11.5 Å². The molecule has 0 aliphatic heterocycles. The van der Waals surface area contributed by atoms with Crippen molar-refractivity contribution < 1.29 is 4.74 Å². The van der Waals surface area contributed by atoms with Crippen LogP contribution in [-0.4, -0.2) is 19.7 Å². The summed E-state index contributed by atoms with van der Waals surface area (Å²) in [6.45, 7) is 7.90. The monoisotopic (exact) mass is 247 g/mol. The lowest BCUT2D eigenvalue weighted by Gasteiger charge is -2.29. The number of nitrogens with one attached hydrogen (secondary N) is 1. The number of hydrogen-bond acceptors (Lipinski definition) is 2. The van der Waals surface area contributed by atoms with Crippen LogP contribution in [0.2, 0.25) is 0 Å². The van der Waals surface area contributed by atoms with Crippen molar-refractivity contribution in [2.45, 2.75) is 46.1 Å². The third-order valence-electron chi connectivity index (χ3n) is 3.58. The molecule has 0 amide bonds. The Bertz CT molecular complexity index is 392. The SMILES string of the molecule is COc1cccc2c1CC(NCC(C)(C)C)CC2. The molecule has 2 rings (SSSR count). The number of ether oxygens (including phenoxy) is 1. The maximum atomic E-state index is 5.48. The van der Waals surface area contributed by atoms with Crippen molar-refractivity contribution in [1.82, 2.24) is 5.32 Å². The molecule has 0 saturated heterocycles. The van der Waals surface area contributed by atoms with Crippen LogP contribution in [0.3, 0.4) is 0 Å². The van der Waals surface area contributed by atoms with E-state index in [1.165, 1.54) is 17.5 Å². The Hall–Kier alpha value is -1.02. The lowest BCUT2D eigenvalue weighted by molar-refractivity contribution is 0.332. The van der Waals surface area contributed by atoms with Gasteiger partial charge < -0.3 is 10.1 Å². The van der Waals surface area contributed by atoms with Gasteiger partial charge in [-0.3, -0.25) is 0 Å². The minimum absolute atomic E-state index is 0.348. The molecule has 1 aromatic carbocycles. The lowest BCUT2D eigenvalue weighted by atomic mass is 9.86. The first-order chi connectivity index (χ1) is 8.49. The Kier molecular flexibility index (Phi) is 3.96. The lowest BCUT2D eigenvalue weighted by Crippen LogP contribution is -2.39. The van der Waals surface area contributed by atoms with Gasteiger partial charge in [0.05, 0.1) is 7.11 Å². The van der Waals surface area contributed by atoms with Crippen molar-refractivity contribution in [3.8, 4) is 5.75 Å². The van der Waals surface area contributed by atoms with Crippen LogP contribution < -0.4 is 10.1 Å². The van der Waals surface area contributed by atoms with Crippen LogP contribution in [-0.2, 0) is 12.8 Å². The maximum Gasteiger partial charge on any atom is 0.122 e. The van der Waals surface area contributed by atoms with Gasteiger partial charge in [-0.15, -0.1) is 0 Å². The van der Waals surface area contributed by atoms with Crippen LogP contribution in [0.4, 0.5) is 0 Å². The summed E-state index contributed by atoms with van der Waals surface area (Å²) in [6.07, 6.45) is 3.49. The van der Waals surface area contributed by atoms with Crippen LogP contribution in [0.5, 0.6) is 5.75 Å². The maximum absolute atomic E-state index is 5.48. The molecule has 1 unspecified atom stereocenters. The van der Waals surface area contributed by atoms with Gasteiger partial charge in [0.1, 0.15) is 5.75 Å². The molecule has 0 spiro atoms. The van der Waals surface area contributed by atoms with Gasteiger partial charge in [-0.2, -0.15) is 0 Å². The molecule has 1 atom stereocenters. The molecule has 0 aromatic heterocycles. The van der Waals surface area contributed by atoms with Crippen LogP contribution in [0, 0.1) is 5.41 Å². The predicted molar refractivity (Wildman–Crippen MR) is 76.3 cm³/mol. The molecule has 18 heavy (non-hydrogen) atoms. The Balaban J connectivity index is 2.05. The molecule has 1 aliphatic rings. The number of benzene rings is 1. The zero-order chi connectivity index (χ0) is 13.2.